The number of fused-ring (bicyclic) bond motifs is 1. The van der Waals surface area contributed by atoms with E-state index >= 15 is 0 Å². The van der Waals surface area contributed by atoms with Gasteiger partial charge in [0.2, 0.25) is 10.0 Å². The molecule has 3 aromatic rings. The Morgan fingerprint density at radius 2 is 1.88 bits per heavy atom. The van der Waals surface area contributed by atoms with Crippen molar-refractivity contribution in [3.05, 3.63) is 57.0 Å². The molecule has 0 bridgehead atoms. The molecule has 172 valence electrons. The van der Waals surface area contributed by atoms with Crippen molar-refractivity contribution in [1.29, 1.82) is 0 Å². The molecule has 1 aromatic carbocycles. The summed E-state index contributed by atoms with van der Waals surface area (Å²) in [5, 5.41) is 3.62. The highest BCUT2D eigenvalue weighted by molar-refractivity contribution is 7.89. The van der Waals surface area contributed by atoms with Gasteiger partial charge in [-0.3, -0.25) is 18.6 Å². The average Bonchev–Trinajstić information content (AvgIpc) is 3.25. The monoisotopic (exact) mass is 471 g/mol. The zero-order valence-corrected chi connectivity index (χ0v) is 18.0. The summed E-state index contributed by atoms with van der Waals surface area (Å²) in [4.78, 5) is 25.7. The SMILES string of the molecule is Cn1cc(Cn2c(=O)c3cc(S(=O)(=O)NC4(C)CC4)ccc3n(CC(F)(F)F)c2=O)cn1. The van der Waals surface area contributed by atoms with Crippen LogP contribution >= 0.6 is 0 Å². The molecule has 2 aromatic heterocycles. The number of aryl methyl sites for hydroxylation is 1. The smallest absolute Gasteiger partial charge is 0.284 e. The molecule has 0 spiro atoms. The summed E-state index contributed by atoms with van der Waals surface area (Å²) in [7, 11) is -2.40. The molecule has 0 atom stereocenters. The van der Waals surface area contributed by atoms with Crippen LogP contribution in [-0.2, 0) is 30.2 Å². The highest BCUT2D eigenvalue weighted by atomic mass is 32.2. The van der Waals surface area contributed by atoms with Crippen LogP contribution in [0.5, 0.6) is 0 Å². The second-order valence-electron chi connectivity index (χ2n) is 8.24. The highest BCUT2D eigenvalue weighted by Crippen LogP contribution is 2.36. The molecule has 0 aliphatic heterocycles. The zero-order chi connectivity index (χ0) is 23.5. The summed E-state index contributed by atoms with van der Waals surface area (Å²) in [6.45, 7) is -0.210. The van der Waals surface area contributed by atoms with Gasteiger partial charge in [-0.25, -0.2) is 17.9 Å². The van der Waals surface area contributed by atoms with E-state index in [2.05, 4.69) is 9.82 Å². The lowest BCUT2D eigenvalue weighted by Gasteiger charge is -2.17. The molecule has 0 unspecified atom stereocenters. The minimum atomic E-state index is -4.74. The maximum atomic E-state index is 13.2. The van der Waals surface area contributed by atoms with Crippen LogP contribution in [0.25, 0.3) is 10.9 Å². The topological polar surface area (TPSA) is 108 Å². The lowest BCUT2D eigenvalue weighted by Crippen LogP contribution is -2.42. The number of halogens is 3. The normalized spacial score (nSPS) is 15.9. The van der Waals surface area contributed by atoms with Crippen LogP contribution in [0.1, 0.15) is 25.3 Å². The summed E-state index contributed by atoms with van der Waals surface area (Å²) in [5.74, 6) is 0. The van der Waals surface area contributed by atoms with Crippen molar-refractivity contribution in [2.75, 3.05) is 0 Å². The van der Waals surface area contributed by atoms with Gasteiger partial charge in [0.25, 0.3) is 5.56 Å². The molecule has 1 aliphatic rings. The predicted octanol–water partition coefficient (Wildman–Crippen LogP) is 1.34. The fourth-order valence-electron chi connectivity index (χ4n) is 3.45. The van der Waals surface area contributed by atoms with Crippen LogP contribution in [0.2, 0.25) is 0 Å². The van der Waals surface area contributed by atoms with Gasteiger partial charge in [0.1, 0.15) is 6.54 Å². The number of hydrogen-bond donors (Lipinski definition) is 1. The van der Waals surface area contributed by atoms with Crippen LogP contribution in [0.3, 0.4) is 0 Å². The van der Waals surface area contributed by atoms with Crippen LogP contribution in [0, 0.1) is 0 Å². The Hall–Kier alpha value is -2.93. The molecular formula is C19H20F3N5O4S. The number of nitrogens with one attached hydrogen (secondary N) is 1. The van der Waals surface area contributed by atoms with Crippen LogP contribution < -0.4 is 16.0 Å². The lowest BCUT2D eigenvalue weighted by molar-refractivity contribution is -0.140. The van der Waals surface area contributed by atoms with Gasteiger partial charge in [-0.1, -0.05) is 0 Å². The van der Waals surface area contributed by atoms with Gasteiger partial charge < -0.3 is 0 Å². The summed E-state index contributed by atoms with van der Waals surface area (Å²) in [6.07, 6.45) is -0.525. The third-order valence-corrected chi connectivity index (χ3v) is 6.96. The first kappa shape index (κ1) is 22.3. The molecular weight excluding hydrogens is 451 g/mol. The standard InChI is InChI=1S/C19H20F3N5O4S/c1-18(5-6-18)24-32(30,31)13-3-4-15-14(7-13)16(28)26(10-12-8-23-25(2)9-12)17(29)27(15)11-19(20,21)22/h3-4,7-9,24H,5-6,10-11H2,1-2H3. The molecule has 1 aliphatic carbocycles. The minimum Gasteiger partial charge on any atom is -0.284 e. The molecule has 2 heterocycles. The van der Waals surface area contributed by atoms with Gasteiger partial charge in [0.15, 0.2) is 0 Å². The summed E-state index contributed by atoms with van der Waals surface area (Å²) >= 11 is 0. The molecule has 1 N–H and O–H groups in total. The second-order valence-corrected chi connectivity index (χ2v) is 9.92. The fourth-order valence-corrected chi connectivity index (χ4v) is 4.94. The molecule has 0 saturated heterocycles. The van der Waals surface area contributed by atoms with E-state index in [0.717, 1.165) is 18.2 Å². The van der Waals surface area contributed by atoms with E-state index in [9.17, 15) is 31.2 Å². The molecule has 4 rings (SSSR count). The van der Waals surface area contributed by atoms with Crippen molar-refractivity contribution in [1.82, 2.24) is 23.6 Å². The predicted molar refractivity (Wildman–Crippen MR) is 109 cm³/mol. The van der Waals surface area contributed by atoms with Crippen LogP contribution in [0.4, 0.5) is 13.2 Å². The summed E-state index contributed by atoms with van der Waals surface area (Å²) in [5.41, 5.74) is -2.48. The van der Waals surface area contributed by atoms with E-state index < -0.39 is 39.5 Å². The molecule has 13 heteroatoms. The number of sulfonamides is 1. The quantitative estimate of drug-likeness (QED) is 0.584. The number of nitrogens with zero attached hydrogens (tertiary/aromatic N) is 4. The van der Waals surface area contributed by atoms with Gasteiger partial charge >= 0.3 is 11.9 Å². The van der Waals surface area contributed by atoms with E-state index in [1.165, 1.54) is 17.1 Å². The maximum absolute atomic E-state index is 13.2. The Labute approximate surface area is 180 Å². The average molecular weight is 471 g/mol. The third kappa shape index (κ3) is 4.35. The number of benzene rings is 1. The highest BCUT2D eigenvalue weighted by Gasteiger charge is 2.41. The second kappa shape index (κ2) is 7.30. The molecule has 32 heavy (non-hydrogen) atoms. The number of aromatic nitrogens is 4. The van der Waals surface area contributed by atoms with Crippen LogP contribution in [-0.4, -0.2) is 39.0 Å². The molecule has 1 saturated carbocycles. The van der Waals surface area contributed by atoms with Crippen molar-refractivity contribution in [3.8, 4) is 0 Å². The Bertz CT molecular complexity index is 1430. The molecule has 9 nitrogen and oxygen atoms in total. The summed E-state index contributed by atoms with van der Waals surface area (Å²) < 4.78 is 70.1. The number of rotatable bonds is 6. The van der Waals surface area contributed by atoms with E-state index in [0.29, 0.717) is 27.5 Å². The van der Waals surface area contributed by atoms with Gasteiger partial charge in [0.05, 0.1) is 28.5 Å². The molecule has 0 radical (unpaired) electrons. The molecule has 1 fully saturated rings. The third-order valence-electron chi connectivity index (χ3n) is 5.32. The van der Waals surface area contributed by atoms with Crippen molar-refractivity contribution < 1.29 is 21.6 Å². The van der Waals surface area contributed by atoms with Crippen LogP contribution in [0.15, 0.2) is 45.1 Å². The zero-order valence-electron chi connectivity index (χ0n) is 17.2. The first-order chi connectivity index (χ1) is 14.8. The first-order valence-corrected chi connectivity index (χ1v) is 11.1. The number of hydrogen-bond acceptors (Lipinski definition) is 5. The van der Waals surface area contributed by atoms with Gasteiger partial charge in [0, 0.05) is 24.3 Å². The lowest BCUT2D eigenvalue weighted by atomic mass is 10.2. The van der Waals surface area contributed by atoms with Crippen molar-refractivity contribution in [2.45, 2.75) is 49.5 Å². The van der Waals surface area contributed by atoms with E-state index in [4.69, 9.17) is 0 Å². The van der Waals surface area contributed by atoms with Crippen molar-refractivity contribution in [3.63, 3.8) is 0 Å². The Morgan fingerprint density at radius 1 is 1.19 bits per heavy atom. The maximum Gasteiger partial charge on any atom is 0.406 e. The van der Waals surface area contributed by atoms with Gasteiger partial charge in [-0.15, -0.1) is 0 Å². The fraction of sp³-hybridized carbons (Fsp3) is 0.421. The van der Waals surface area contributed by atoms with E-state index in [1.807, 2.05) is 0 Å². The van der Waals surface area contributed by atoms with E-state index in [-0.39, 0.29) is 22.3 Å². The van der Waals surface area contributed by atoms with Crippen molar-refractivity contribution in [2.24, 2.45) is 7.05 Å². The number of alkyl halides is 3. The van der Waals surface area contributed by atoms with Gasteiger partial charge in [-0.05, 0) is 38.0 Å². The minimum absolute atomic E-state index is 0.264. The summed E-state index contributed by atoms with van der Waals surface area (Å²) in [6, 6.07) is 3.16. The van der Waals surface area contributed by atoms with Crippen molar-refractivity contribution >= 4 is 20.9 Å². The Morgan fingerprint density at radius 3 is 2.44 bits per heavy atom. The Balaban J connectivity index is 1.92. The van der Waals surface area contributed by atoms with Gasteiger partial charge in [-0.2, -0.15) is 18.3 Å². The van der Waals surface area contributed by atoms with E-state index in [1.54, 1.807) is 14.0 Å². The largest absolute Gasteiger partial charge is 0.406 e. The Kier molecular flexibility index (Phi) is 5.08. The first-order valence-electron chi connectivity index (χ1n) is 9.64. The molecule has 0 amide bonds.